The molecule has 0 radical (unpaired) electrons. The van der Waals surface area contributed by atoms with Crippen molar-refractivity contribution in [2.24, 2.45) is 0 Å². The number of benzene rings is 2. The van der Waals surface area contributed by atoms with Gasteiger partial charge in [0.15, 0.2) is 11.2 Å². The topological polar surface area (TPSA) is 68.3 Å². The van der Waals surface area contributed by atoms with Gasteiger partial charge in [-0.3, -0.25) is 10.1 Å². The van der Waals surface area contributed by atoms with E-state index in [1.165, 1.54) is 17.4 Å². The summed E-state index contributed by atoms with van der Waals surface area (Å²) in [6, 6.07) is 12.2. The lowest BCUT2D eigenvalue weighted by Gasteiger charge is -2.23. The molecule has 2 aromatic carbocycles. The van der Waals surface area contributed by atoms with E-state index in [0.717, 1.165) is 16.0 Å². The highest BCUT2D eigenvalue weighted by molar-refractivity contribution is 7.15. The van der Waals surface area contributed by atoms with Crippen LogP contribution in [0, 0.1) is 12.7 Å². The van der Waals surface area contributed by atoms with E-state index in [0.29, 0.717) is 29.1 Å². The molecule has 5 nitrogen and oxygen atoms in total. The number of hydrogen-bond donors (Lipinski definition) is 1. The SMILES string of the molecule is Cc1ccc(Cc2cnc(NC(=O)C3Cc4ccccc4C(=O)O3)s2)cc1F. The van der Waals surface area contributed by atoms with Crippen molar-refractivity contribution < 1.29 is 18.7 Å². The van der Waals surface area contributed by atoms with Gasteiger partial charge < -0.3 is 4.74 Å². The molecular weight excluding hydrogens is 379 g/mol. The maximum absolute atomic E-state index is 13.7. The molecule has 1 aliphatic heterocycles. The Hall–Kier alpha value is -3.06. The largest absolute Gasteiger partial charge is 0.448 e. The molecule has 2 heterocycles. The van der Waals surface area contributed by atoms with E-state index in [2.05, 4.69) is 10.3 Å². The first-order chi connectivity index (χ1) is 13.5. The molecule has 4 rings (SSSR count). The molecule has 1 amide bonds. The molecule has 28 heavy (non-hydrogen) atoms. The second-order valence-corrected chi connectivity index (χ2v) is 7.75. The Bertz CT molecular complexity index is 1060. The number of halogens is 1. The third-order valence-corrected chi connectivity index (χ3v) is 5.50. The van der Waals surface area contributed by atoms with Gasteiger partial charge in [0.1, 0.15) is 5.82 Å². The lowest BCUT2D eigenvalue weighted by atomic mass is 9.98. The van der Waals surface area contributed by atoms with Gasteiger partial charge in [0.25, 0.3) is 5.91 Å². The molecule has 1 unspecified atom stereocenters. The maximum atomic E-state index is 13.7. The number of carbonyl (C=O) groups excluding carboxylic acids is 2. The minimum Gasteiger partial charge on any atom is -0.448 e. The van der Waals surface area contributed by atoms with Crippen LogP contribution < -0.4 is 5.32 Å². The highest BCUT2D eigenvalue weighted by Crippen LogP contribution is 2.24. The van der Waals surface area contributed by atoms with Crippen molar-refractivity contribution in [3.63, 3.8) is 0 Å². The fraction of sp³-hybridized carbons (Fsp3) is 0.190. The lowest BCUT2D eigenvalue weighted by molar-refractivity contribution is -0.125. The maximum Gasteiger partial charge on any atom is 0.339 e. The molecule has 0 bridgehead atoms. The Kier molecular flexibility index (Phi) is 4.92. The van der Waals surface area contributed by atoms with Crippen LogP contribution in [0.15, 0.2) is 48.7 Å². The molecule has 1 atom stereocenters. The first kappa shape index (κ1) is 18.3. The van der Waals surface area contributed by atoms with E-state index in [4.69, 9.17) is 4.74 Å². The van der Waals surface area contributed by atoms with Gasteiger partial charge in [-0.1, -0.05) is 30.3 Å². The van der Waals surface area contributed by atoms with Crippen molar-refractivity contribution in [1.82, 2.24) is 4.98 Å². The quantitative estimate of drug-likeness (QED) is 0.679. The summed E-state index contributed by atoms with van der Waals surface area (Å²) >= 11 is 1.31. The van der Waals surface area contributed by atoms with Crippen LogP contribution in [0.25, 0.3) is 0 Å². The highest BCUT2D eigenvalue weighted by Gasteiger charge is 2.31. The van der Waals surface area contributed by atoms with Crippen LogP contribution in [0.4, 0.5) is 9.52 Å². The minimum absolute atomic E-state index is 0.241. The monoisotopic (exact) mass is 396 g/mol. The Morgan fingerprint density at radius 3 is 2.96 bits per heavy atom. The number of aryl methyl sites for hydroxylation is 1. The Morgan fingerprint density at radius 2 is 2.14 bits per heavy atom. The molecule has 1 aromatic heterocycles. The average Bonchev–Trinajstić information content (AvgIpc) is 3.11. The molecule has 0 saturated carbocycles. The van der Waals surface area contributed by atoms with Gasteiger partial charge in [-0.2, -0.15) is 0 Å². The van der Waals surface area contributed by atoms with Crippen LogP contribution in [-0.4, -0.2) is 23.0 Å². The Morgan fingerprint density at radius 1 is 1.32 bits per heavy atom. The summed E-state index contributed by atoms with van der Waals surface area (Å²) in [6.07, 6.45) is 1.62. The molecule has 0 saturated heterocycles. The molecule has 142 valence electrons. The summed E-state index contributed by atoms with van der Waals surface area (Å²) in [6.45, 7) is 1.72. The van der Waals surface area contributed by atoms with Crippen molar-refractivity contribution in [2.45, 2.75) is 25.9 Å². The molecular formula is C21H17FN2O3S. The number of nitrogens with zero attached hydrogens (tertiary/aromatic N) is 1. The number of rotatable bonds is 4. The molecule has 0 fully saturated rings. The Labute approximate surface area is 165 Å². The molecule has 0 aliphatic carbocycles. The van der Waals surface area contributed by atoms with Gasteiger partial charge in [-0.05, 0) is 35.7 Å². The third kappa shape index (κ3) is 3.80. The minimum atomic E-state index is -0.888. The van der Waals surface area contributed by atoms with Gasteiger partial charge in [0, 0.05) is 23.9 Å². The highest BCUT2D eigenvalue weighted by atomic mass is 32.1. The second-order valence-electron chi connectivity index (χ2n) is 6.64. The lowest BCUT2D eigenvalue weighted by Crippen LogP contribution is -2.37. The van der Waals surface area contributed by atoms with Crippen LogP contribution in [-0.2, 0) is 22.4 Å². The van der Waals surface area contributed by atoms with E-state index in [1.807, 2.05) is 18.2 Å². The number of amides is 1. The summed E-state index contributed by atoms with van der Waals surface area (Å²) in [5.41, 5.74) is 2.72. The fourth-order valence-corrected chi connectivity index (χ4v) is 3.91. The van der Waals surface area contributed by atoms with E-state index in [1.54, 1.807) is 31.3 Å². The van der Waals surface area contributed by atoms with Gasteiger partial charge in [0.05, 0.1) is 5.56 Å². The molecule has 3 aromatic rings. The van der Waals surface area contributed by atoms with E-state index in [-0.39, 0.29) is 5.82 Å². The van der Waals surface area contributed by atoms with Gasteiger partial charge in [-0.15, -0.1) is 11.3 Å². The van der Waals surface area contributed by atoms with Crippen molar-refractivity contribution >= 4 is 28.3 Å². The van der Waals surface area contributed by atoms with Crippen LogP contribution >= 0.6 is 11.3 Å². The summed E-state index contributed by atoms with van der Waals surface area (Å²) in [5, 5.41) is 3.13. The molecule has 1 aliphatic rings. The number of ether oxygens (including phenoxy) is 1. The van der Waals surface area contributed by atoms with Crippen LogP contribution in [0.3, 0.4) is 0 Å². The predicted molar refractivity (Wildman–Crippen MR) is 104 cm³/mol. The number of hydrogen-bond acceptors (Lipinski definition) is 5. The number of thiazole rings is 1. The summed E-state index contributed by atoms with van der Waals surface area (Å²) in [7, 11) is 0. The Balaban J connectivity index is 1.42. The van der Waals surface area contributed by atoms with Crippen molar-refractivity contribution in [1.29, 1.82) is 0 Å². The van der Waals surface area contributed by atoms with Gasteiger partial charge in [0.2, 0.25) is 0 Å². The number of aromatic nitrogens is 1. The summed E-state index contributed by atoms with van der Waals surface area (Å²) in [4.78, 5) is 29.7. The number of cyclic esters (lactones) is 1. The first-order valence-corrected chi connectivity index (χ1v) is 9.61. The van der Waals surface area contributed by atoms with E-state index < -0.39 is 18.0 Å². The standard InChI is InChI=1S/C21H17FN2O3S/c1-12-6-7-13(9-17(12)22)8-15-11-23-21(28-15)24-19(25)18-10-14-4-2-3-5-16(14)20(26)27-18/h2-7,9,11,18H,8,10H2,1H3,(H,23,24,25). The summed E-state index contributed by atoms with van der Waals surface area (Å²) < 4.78 is 18.9. The second kappa shape index (κ2) is 7.52. The van der Waals surface area contributed by atoms with Crippen LogP contribution in [0.5, 0.6) is 0 Å². The normalized spacial score (nSPS) is 15.6. The number of esters is 1. The van der Waals surface area contributed by atoms with Crippen molar-refractivity contribution in [2.75, 3.05) is 5.32 Å². The fourth-order valence-electron chi connectivity index (χ4n) is 3.06. The number of carbonyl (C=O) groups is 2. The first-order valence-electron chi connectivity index (χ1n) is 8.79. The van der Waals surface area contributed by atoms with Crippen LogP contribution in [0.2, 0.25) is 0 Å². The zero-order valence-electron chi connectivity index (χ0n) is 15.1. The van der Waals surface area contributed by atoms with Gasteiger partial charge in [-0.25, -0.2) is 14.2 Å². The summed E-state index contributed by atoms with van der Waals surface area (Å²) in [5.74, 6) is -1.15. The smallest absolute Gasteiger partial charge is 0.339 e. The number of anilines is 1. The molecule has 1 N–H and O–H groups in total. The van der Waals surface area contributed by atoms with Crippen molar-refractivity contribution in [3.8, 4) is 0 Å². The van der Waals surface area contributed by atoms with Crippen LogP contribution in [0.1, 0.15) is 31.9 Å². The average molecular weight is 396 g/mol. The van der Waals surface area contributed by atoms with Gasteiger partial charge >= 0.3 is 5.97 Å². The predicted octanol–water partition coefficient (Wildman–Crippen LogP) is 3.90. The molecule has 0 spiro atoms. The van der Waals surface area contributed by atoms with E-state index in [9.17, 15) is 14.0 Å². The van der Waals surface area contributed by atoms with Crippen molar-refractivity contribution in [3.05, 3.63) is 81.6 Å². The zero-order chi connectivity index (χ0) is 19.7. The third-order valence-electron chi connectivity index (χ3n) is 4.58. The van der Waals surface area contributed by atoms with E-state index >= 15 is 0 Å². The number of nitrogens with one attached hydrogen (secondary N) is 1. The zero-order valence-corrected chi connectivity index (χ0v) is 15.9. The number of fused-ring (bicyclic) bond motifs is 1. The molecule has 7 heteroatoms.